The Morgan fingerprint density at radius 1 is 1.61 bits per heavy atom. The summed E-state index contributed by atoms with van der Waals surface area (Å²) in [7, 11) is 0. The van der Waals surface area contributed by atoms with Crippen molar-refractivity contribution in [2.24, 2.45) is 0 Å². The SMILES string of the molecule is CC1OCCC1NCc1cc(Cl)ccc1[N+](=O)[O-]. The van der Waals surface area contributed by atoms with E-state index in [4.69, 9.17) is 16.3 Å². The number of rotatable bonds is 4. The van der Waals surface area contributed by atoms with Gasteiger partial charge in [-0.05, 0) is 25.5 Å². The molecular weight excluding hydrogens is 256 g/mol. The van der Waals surface area contributed by atoms with Crippen LogP contribution in [0, 0.1) is 10.1 Å². The average Bonchev–Trinajstić information content (AvgIpc) is 2.72. The molecule has 0 aliphatic carbocycles. The molecule has 1 heterocycles. The van der Waals surface area contributed by atoms with Gasteiger partial charge in [0.05, 0.1) is 11.0 Å². The molecule has 1 aliphatic heterocycles. The number of nitrogens with one attached hydrogen (secondary N) is 1. The van der Waals surface area contributed by atoms with Crippen LogP contribution in [0.3, 0.4) is 0 Å². The third-order valence-corrected chi connectivity index (χ3v) is 3.40. The highest BCUT2D eigenvalue weighted by atomic mass is 35.5. The van der Waals surface area contributed by atoms with Crippen molar-refractivity contribution < 1.29 is 9.66 Å². The predicted octanol–water partition coefficient (Wildman–Crippen LogP) is 2.52. The Labute approximate surface area is 110 Å². The second-order valence-electron chi connectivity index (χ2n) is 4.38. The summed E-state index contributed by atoms with van der Waals surface area (Å²) in [5, 5.41) is 14.7. The maximum atomic E-state index is 10.9. The number of benzene rings is 1. The minimum absolute atomic E-state index is 0.0958. The molecule has 1 aromatic carbocycles. The monoisotopic (exact) mass is 270 g/mol. The van der Waals surface area contributed by atoms with Crippen molar-refractivity contribution in [3.8, 4) is 0 Å². The Hall–Kier alpha value is -1.17. The van der Waals surface area contributed by atoms with Gasteiger partial charge < -0.3 is 10.1 Å². The number of halogens is 1. The minimum atomic E-state index is -0.387. The molecule has 1 fully saturated rings. The van der Waals surface area contributed by atoms with Gasteiger partial charge in [-0.1, -0.05) is 11.6 Å². The Bertz CT molecular complexity index is 453. The summed E-state index contributed by atoms with van der Waals surface area (Å²) in [5.74, 6) is 0. The van der Waals surface area contributed by atoms with Crippen LogP contribution in [-0.4, -0.2) is 23.7 Å². The number of hydrogen-bond acceptors (Lipinski definition) is 4. The highest BCUT2D eigenvalue weighted by Crippen LogP contribution is 2.23. The Balaban J connectivity index is 2.08. The zero-order valence-electron chi connectivity index (χ0n) is 10.1. The Morgan fingerprint density at radius 2 is 2.39 bits per heavy atom. The smallest absolute Gasteiger partial charge is 0.273 e. The van der Waals surface area contributed by atoms with Gasteiger partial charge in [0.25, 0.3) is 5.69 Å². The molecule has 1 saturated heterocycles. The van der Waals surface area contributed by atoms with Crippen molar-refractivity contribution in [3.05, 3.63) is 38.9 Å². The largest absolute Gasteiger partial charge is 0.377 e. The van der Waals surface area contributed by atoms with Gasteiger partial charge >= 0.3 is 0 Å². The lowest BCUT2D eigenvalue weighted by Crippen LogP contribution is -2.34. The van der Waals surface area contributed by atoms with E-state index in [0.29, 0.717) is 17.1 Å². The van der Waals surface area contributed by atoms with Gasteiger partial charge in [-0.3, -0.25) is 10.1 Å². The van der Waals surface area contributed by atoms with Gasteiger partial charge in [-0.25, -0.2) is 0 Å². The molecule has 18 heavy (non-hydrogen) atoms. The molecule has 0 amide bonds. The van der Waals surface area contributed by atoms with Gasteiger partial charge in [0.2, 0.25) is 0 Å². The van der Waals surface area contributed by atoms with E-state index in [0.717, 1.165) is 13.0 Å². The van der Waals surface area contributed by atoms with Crippen LogP contribution in [-0.2, 0) is 11.3 Å². The predicted molar refractivity (Wildman–Crippen MR) is 68.8 cm³/mol. The van der Waals surface area contributed by atoms with Crippen LogP contribution in [0.5, 0.6) is 0 Å². The molecule has 0 bridgehead atoms. The number of nitrogens with zero attached hydrogens (tertiary/aromatic N) is 1. The molecule has 1 N–H and O–H groups in total. The highest BCUT2D eigenvalue weighted by Gasteiger charge is 2.24. The van der Waals surface area contributed by atoms with E-state index < -0.39 is 0 Å². The van der Waals surface area contributed by atoms with Crippen molar-refractivity contribution in [1.29, 1.82) is 0 Å². The third-order valence-electron chi connectivity index (χ3n) is 3.17. The van der Waals surface area contributed by atoms with Crippen molar-refractivity contribution in [3.63, 3.8) is 0 Å². The standard InChI is InChI=1S/C12H15ClN2O3/c1-8-11(4-5-18-8)14-7-9-6-10(13)2-3-12(9)15(16)17/h2-3,6,8,11,14H,4-5,7H2,1H3. The molecule has 5 nitrogen and oxygen atoms in total. The molecule has 1 aliphatic rings. The lowest BCUT2D eigenvalue weighted by atomic mass is 10.1. The fourth-order valence-electron chi connectivity index (χ4n) is 2.11. The quantitative estimate of drug-likeness (QED) is 0.674. The third kappa shape index (κ3) is 2.98. The summed E-state index contributed by atoms with van der Waals surface area (Å²) in [6.45, 7) is 3.16. The number of nitro groups is 1. The highest BCUT2D eigenvalue weighted by molar-refractivity contribution is 6.30. The summed E-state index contributed by atoms with van der Waals surface area (Å²) < 4.78 is 5.43. The van der Waals surface area contributed by atoms with E-state index in [1.165, 1.54) is 12.1 Å². The van der Waals surface area contributed by atoms with Gasteiger partial charge in [-0.2, -0.15) is 0 Å². The first kappa shape index (κ1) is 13.3. The lowest BCUT2D eigenvalue weighted by molar-refractivity contribution is -0.385. The first-order chi connectivity index (χ1) is 8.58. The molecule has 1 aromatic rings. The summed E-state index contributed by atoms with van der Waals surface area (Å²) in [5.41, 5.74) is 0.699. The van der Waals surface area contributed by atoms with Crippen LogP contribution >= 0.6 is 11.6 Å². The summed E-state index contributed by atoms with van der Waals surface area (Å²) in [6, 6.07) is 4.84. The van der Waals surface area contributed by atoms with Crippen LogP contribution < -0.4 is 5.32 Å². The second kappa shape index (κ2) is 5.65. The maximum Gasteiger partial charge on any atom is 0.273 e. The topological polar surface area (TPSA) is 64.4 Å². The fraction of sp³-hybridized carbons (Fsp3) is 0.500. The normalized spacial score (nSPS) is 23.2. The van der Waals surface area contributed by atoms with E-state index in [-0.39, 0.29) is 22.8 Å². The molecule has 0 aromatic heterocycles. The van der Waals surface area contributed by atoms with Crippen molar-refractivity contribution in [2.45, 2.75) is 32.0 Å². The maximum absolute atomic E-state index is 10.9. The van der Waals surface area contributed by atoms with Gasteiger partial charge in [0.15, 0.2) is 0 Å². The average molecular weight is 271 g/mol. The van der Waals surface area contributed by atoms with Gasteiger partial charge in [0.1, 0.15) is 0 Å². The van der Waals surface area contributed by atoms with Gasteiger partial charge in [0, 0.05) is 35.8 Å². The second-order valence-corrected chi connectivity index (χ2v) is 4.82. The fourth-order valence-corrected chi connectivity index (χ4v) is 2.31. The molecule has 2 atom stereocenters. The molecule has 0 radical (unpaired) electrons. The van der Waals surface area contributed by atoms with Crippen LogP contribution in [0.25, 0.3) is 0 Å². The van der Waals surface area contributed by atoms with E-state index in [2.05, 4.69) is 5.32 Å². The van der Waals surface area contributed by atoms with Crippen LogP contribution in [0.15, 0.2) is 18.2 Å². The number of hydrogen-bond donors (Lipinski definition) is 1. The summed E-state index contributed by atoms with van der Waals surface area (Å²) >= 11 is 5.87. The molecule has 2 unspecified atom stereocenters. The molecular formula is C12H15ClN2O3. The van der Waals surface area contributed by atoms with E-state index >= 15 is 0 Å². The summed E-state index contributed by atoms with van der Waals surface area (Å²) in [4.78, 5) is 10.5. The molecule has 98 valence electrons. The van der Waals surface area contributed by atoms with Crippen LogP contribution in [0.1, 0.15) is 18.9 Å². The minimum Gasteiger partial charge on any atom is -0.377 e. The van der Waals surface area contributed by atoms with Crippen molar-refractivity contribution >= 4 is 17.3 Å². The zero-order chi connectivity index (χ0) is 13.1. The van der Waals surface area contributed by atoms with Crippen molar-refractivity contribution in [2.75, 3.05) is 6.61 Å². The summed E-state index contributed by atoms with van der Waals surface area (Å²) in [6.07, 6.45) is 1.07. The van der Waals surface area contributed by atoms with Crippen LogP contribution in [0.2, 0.25) is 5.02 Å². The number of nitro benzene ring substituents is 1. The van der Waals surface area contributed by atoms with Crippen molar-refractivity contribution in [1.82, 2.24) is 5.32 Å². The molecule has 2 rings (SSSR count). The Kier molecular flexibility index (Phi) is 4.16. The first-order valence-electron chi connectivity index (χ1n) is 5.85. The molecule has 0 saturated carbocycles. The first-order valence-corrected chi connectivity index (χ1v) is 6.23. The Morgan fingerprint density at radius 3 is 3.00 bits per heavy atom. The molecule has 6 heteroatoms. The lowest BCUT2D eigenvalue weighted by Gasteiger charge is -2.16. The van der Waals surface area contributed by atoms with E-state index in [1.54, 1.807) is 6.07 Å². The molecule has 0 spiro atoms. The van der Waals surface area contributed by atoms with E-state index in [1.807, 2.05) is 6.92 Å². The van der Waals surface area contributed by atoms with Crippen LogP contribution in [0.4, 0.5) is 5.69 Å². The van der Waals surface area contributed by atoms with Gasteiger partial charge in [-0.15, -0.1) is 0 Å². The number of ether oxygens (including phenoxy) is 1. The zero-order valence-corrected chi connectivity index (χ0v) is 10.8. The van der Waals surface area contributed by atoms with E-state index in [9.17, 15) is 10.1 Å².